The van der Waals surface area contributed by atoms with Crippen LogP contribution >= 0.6 is 0 Å². The Hall–Kier alpha value is -3.34. The second kappa shape index (κ2) is 12.0. The van der Waals surface area contributed by atoms with Crippen molar-refractivity contribution in [3.05, 3.63) is 60.2 Å². The highest BCUT2D eigenvalue weighted by Crippen LogP contribution is 2.22. The molecule has 0 aromatic heterocycles. The van der Waals surface area contributed by atoms with Crippen molar-refractivity contribution in [2.75, 3.05) is 11.1 Å². The van der Waals surface area contributed by atoms with Crippen molar-refractivity contribution in [3.8, 4) is 5.75 Å². The summed E-state index contributed by atoms with van der Waals surface area (Å²) in [4.78, 5) is 36.7. The first kappa shape index (κ1) is 25.9. The molecule has 0 fully saturated rings. The summed E-state index contributed by atoms with van der Waals surface area (Å²) in [5, 5.41) is 4.80. The third-order valence-corrected chi connectivity index (χ3v) is 6.10. The largest absolute Gasteiger partial charge is 0.435 e. The number of ether oxygens (including phenoxy) is 1. The Morgan fingerprint density at radius 3 is 2.27 bits per heavy atom. The molecule has 2 rings (SSSR count). The molecule has 2 aromatic rings. The normalized spacial score (nSPS) is 12.1. The van der Waals surface area contributed by atoms with Crippen molar-refractivity contribution < 1.29 is 36.3 Å². The zero-order chi connectivity index (χ0) is 24.4. The van der Waals surface area contributed by atoms with Gasteiger partial charge in [-0.05, 0) is 24.6 Å². The number of amides is 2. The van der Waals surface area contributed by atoms with Crippen molar-refractivity contribution in [1.29, 1.82) is 0 Å². The molecule has 0 radical (unpaired) electrons. The van der Waals surface area contributed by atoms with E-state index in [9.17, 15) is 31.6 Å². The molecule has 33 heavy (non-hydrogen) atoms. The van der Waals surface area contributed by atoms with Crippen LogP contribution in [-0.2, 0) is 30.0 Å². The van der Waals surface area contributed by atoms with Crippen LogP contribution in [0.1, 0.15) is 25.3 Å². The SMILES string of the molecule is CCC(NC(=O)CCS(=O)(=O)Cc1ccccc1OC(F)F)C(=O)C(=O)Nc1ccccc1. The van der Waals surface area contributed by atoms with E-state index in [4.69, 9.17) is 0 Å². The fraction of sp³-hybridized carbons (Fsp3) is 0.318. The monoisotopic (exact) mass is 482 g/mol. The number of carbonyl (C=O) groups is 3. The molecule has 0 saturated heterocycles. The fourth-order valence-electron chi connectivity index (χ4n) is 2.88. The fourth-order valence-corrected chi connectivity index (χ4v) is 4.24. The molecule has 1 unspecified atom stereocenters. The first-order valence-corrected chi connectivity index (χ1v) is 11.9. The van der Waals surface area contributed by atoms with Crippen molar-refractivity contribution in [2.24, 2.45) is 0 Å². The molecule has 2 N–H and O–H groups in total. The number of rotatable bonds is 12. The average Bonchev–Trinajstić information content (AvgIpc) is 2.77. The quantitative estimate of drug-likeness (QED) is 0.449. The van der Waals surface area contributed by atoms with Crippen molar-refractivity contribution in [2.45, 2.75) is 38.2 Å². The van der Waals surface area contributed by atoms with Gasteiger partial charge in [0.25, 0.3) is 5.91 Å². The van der Waals surface area contributed by atoms with Gasteiger partial charge in [0, 0.05) is 17.7 Å². The number of anilines is 1. The molecule has 0 aliphatic rings. The maximum atomic E-state index is 12.5. The molecule has 178 valence electrons. The molecule has 0 bridgehead atoms. The lowest BCUT2D eigenvalue weighted by Crippen LogP contribution is -2.45. The van der Waals surface area contributed by atoms with Gasteiger partial charge in [0.2, 0.25) is 11.7 Å². The van der Waals surface area contributed by atoms with Gasteiger partial charge in [-0.2, -0.15) is 8.78 Å². The number of ketones is 1. The minimum atomic E-state index is -3.86. The number of nitrogens with one attached hydrogen (secondary N) is 2. The summed E-state index contributed by atoms with van der Waals surface area (Å²) in [5.74, 6) is -3.95. The Kier molecular flexibility index (Phi) is 9.46. The summed E-state index contributed by atoms with van der Waals surface area (Å²) in [6.45, 7) is -1.52. The first-order valence-electron chi connectivity index (χ1n) is 10.0. The molecule has 2 aromatic carbocycles. The number of benzene rings is 2. The predicted octanol–water partition coefficient (Wildman–Crippen LogP) is 2.70. The Bertz CT molecular complexity index is 1080. The minimum Gasteiger partial charge on any atom is -0.435 e. The van der Waals surface area contributed by atoms with Crippen LogP contribution in [0.2, 0.25) is 0 Å². The number of hydrogen-bond acceptors (Lipinski definition) is 6. The molecule has 0 spiro atoms. The van der Waals surface area contributed by atoms with E-state index < -0.39 is 58.0 Å². The van der Waals surface area contributed by atoms with E-state index in [0.29, 0.717) is 5.69 Å². The van der Waals surface area contributed by atoms with Crippen LogP contribution in [-0.4, -0.2) is 44.4 Å². The lowest BCUT2D eigenvalue weighted by atomic mass is 10.1. The van der Waals surface area contributed by atoms with Crippen LogP contribution in [0.25, 0.3) is 0 Å². The number of halogens is 2. The van der Waals surface area contributed by atoms with Crippen LogP contribution in [0, 0.1) is 0 Å². The van der Waals surface area contributed by atoms with Crippen LogP contribution in [0.15, 0.2) is 54.6 Å². The Balaban J connectivity index is 1.92. The van der Waals surface area contributed by atoms with Crippen LogP contribution in [0.3, 0.4) is 0 Å². The molecule has 0 heterocycles. The van der Waals surface area contributed by atoms with Gasteiger partial charge in [0.05, 0.1) is 17.5 Å². The summed E-state index contributed by atoms with van der Waals surface area (Å²) >= 11 is 0. The highest BCUT2D eigenvalue weighted by atomic mass is 32.2. The Morgan fingerprint density at radius 2 is 1.64 bits per heavy atom. The number of carbonyl (C=O) groups excluding carboxylic acids is 3. The molecular weight excluding hydrogens is 458 g/mol. The number of Topliss-reactive ketones (excluding diaryl/α,β-unsaturated/α-hetero) is 1. The third-order valence-electron chi connectivity index (χ3n) is 4.52. The molecule has 2 amide bonds. The van der Waals surface area contributed by atoms with E-state index in [-0.39, 0.29) is 17.7 Å². The van der Waals surface area contributed by atoms with Gasteiger partial charge in [0.1, 0.15) is 5.75 Å². The number of para-hydroxylation sites is 2. The number of sulfone groups is 1. The topological polar surface area (TPSA) is 119 Å². The second-order valence-electron chi connectivity index (χ2n) is 7.04. The average molecular weight is 483 g/mol. The lowest BCUT2D eigenvalue weighted by molar-refractivity contribution is -0.137. The summed E-state index contributed by atoms with van der Waals surface area (Å²) in [7, 11) is -3.86. The van der Waals surface area contributed by atoms with E-state index in [1.165, 1.54) is 24.3 Å². The highest BCUT2D eigenvalue weighted by molar-refractivity contribution is 7.90. The molecule has 1 atom stereocenters. The van der Waals surface area contributed by atoms with Crippen LogP contribution in [0.5, 0.6) is 5.75 Å². The van der Waals surface area contributed by atoms with Gasteiger partial charge in [-0.15, -0.1) is 0 Å². The molecule has 0 aliphatic heterocycles. The summed E-state index contributed by atoms with van der Waals surface area (Å²) < 4.78 is 54.1. The van der Waals surface area contributed by atoms with Gasteiger partial charge in [-0.3, -0.25) is 14.4 Å². The number of hydrogen-bond donors (Lipinski definition) is 2. The molecule has 0 aliphatic carbocycles. The van der Waals surface area contributed by atoms with Gasteiger partial charge in [-0.25, -0.2) is 8.42 Å². The standard InChI is InChI=1S/C22H24F2N2O6S/c1-2-17(20(28)21(29)25-16-9-4-3-5-10-16)26-19(27)12-13-33(30,31)14-15-8-6-7-11-18(15)32-22(23)24/h3-11,17,22H,2,12-14H2,1H3,(H,25,29)(H,26,27). The second-order valence-corrected chi connectivity index (χ2v) is 9.23. The van der Waals surface area contributed by atoms with E-state index in [2.05, 4.69) is 15.4 Å². The van der Waals surface area contributed by atoms with Crippen molar-refractivity contribution in [3.63, 3.8) is 0 Å². The molecular formula is C22H24F2N2O6S. The molecule has 11 heteroatoms. The van der Waals surface area contributed by atoms with E-state index >= 15 is 0 Å². The van der Waals surface area contributed by atoms with Gasteiger partial charge in [0.15, 0.2) is 9.84 Å². The molecule has 8 nitrogen and oxygen atoms in total. The maximum Gasteiger partial charge on any atom is 0.387 e. The van der Waals surface area contributed by atoms with Gasteiger partial charge < -0.3 is 15.4 Å². The predicted molar refractivity (Wildman–Crippen MR) is 117 cm³/mol. The number of alkyl halides is 2. The van der Waals surface area contributed by atoms with Crippen LogP contribution < -0.4 is 15.4 Å². The summed E-state index contributed by atoms with van der Waals surface area (Å²) in [6, 6.07) is 12.6. The summed E-state index contributed by atoms with van der Waals surface area (Å²) in [5.41, 5.74) is 0.455. The zero-order valence-corrected chi connectivity index (χ0v) is 18.6. The third kappa shape index (κ3) is 8.60. The minimum absolute atomic E-state index is 0.0393. The Labute approximate surface area is 190 Å². The first-order chi connectivity index (χ1) is 15.6. The van der Waals surface area contributed by atoms with E-state index in [1.807, 2.05) is 0 Å². The smallest absolute Gasteiger partial charge is 0.387 e. The van der Waals surface area contributed by atoms with E-state index in [1.54, 1.807) is 37.3 Å². The molecule has 0 saturated carbocycles. The highest BCUT2D eigenvalue weighted by Gasteiger charge is 2.26. The van der Waals surface area contributed by atoms with Gasteiger partial charge >= 0.3 is 6.61 Å². The van der Waals surface area contributed by atoms with Crippen molar-refractivity contribution >= 4 is 33.1 Å². The maximum absolute atomic E-state index is 12.5. The Morgan fingerprint density at radius 1 is 1.00 bits per heavy atom. The van der Waals surface area contributed by atoms with E-state index in [0.717, 1.165) is 0 Å². The van der Waals surface area contributed by atoms with Crippen LogP contribution in [0.4, 0.5) is 14.5 Å². The van der Waals surface area contributed by atoms with Gasteiger partial charge in [-0.1, -0.05) is 43.3 Å². The van der Waals surface area contributed by atoms with Crippen molar-refractivity contribution in [1.82, 2.24) is 5.32 Å². The summed E-state index contributed by atoms with van der Waals surface area (Å²) in [6.07, 6.45) is -0.345. The lowest BCUT2D eigenvalue weighted by Gasteiger charge is -2.16. The zero-order valence-electron chi connectivity index (χ0n) is 17.8.